The summed E-state index contributed by atoms with van der Waals surface area (Å²) in [6, 6.07) is 15.3. The van der Waals surface area contributed by atoms with Gasteiger partial charge in [-0.3, -0.25) is 4.79 Å². The number of benzene rings is 2. The fraction of sp³-hybridized carbons (Fsp3) is 0.292. The molecule has 1 aliphatic heterocycles. The summed E-state index contributed by atoms with van der Waals surface area (Å²) in [7, 11) is 0. The standard InChI is InChI=1S/C24H26FN5O2/c1-17-15-18(2)30(27-17)22-10-9-20(16-21(22)25)26-24(32)29-12-6-11-28(13-14-29)23(31)19-7-4-3-5-8-19/h3-5,7-10,15-16H,6,11-14H2,1-2H3,(H,26,32). The normalized spacial score (nSPS) is 14.2. The van der Waals surface area contributed by atoms with E-state index in [1.165, 1.54) is 6.07 Å². The van der Waals surface area contributed by atoms with Crippen LogP contribution < -0.4 is 5.32 Å². The van der Waals surface area contributed by atoms with Gasteiger partial charge >= 0.3 is 6.03 Å². The van der Waals surface area contributed by atoms with Crippen LogP contribution in [-0.4, -0.2) is 57.7 Å². The average Bonchev–Trinajstić information content (AvgIpc) is 2.97. The lowest BCUT2D eigenvalue weighted by atomic mass is 10.2. The topological polar surface area (TPSA) is 70.5 Å². The minimum Gasteiger partial charge on any atom is -0.337 e. The summed E-state index contributed by atoms with van der Waals surface area (Å²) in [5, 5.41) is 7.08. The molecule has 0 spiro atoms. The van der Waals surface area contributed by atoms with Gasteiger partial charge in [0, 0.05) is 43.1 Å². The van der Waals surface area contributed by atoms with Crippen LogP contribution in [0.4, 0.5) is 14.9 Å². The zero-order chi connectivity index (χ0) is 22.7. The summed E-state index contributed by atoms with van der Waals surface area (Å²) in [6.07, 6.45) is 0.678. The van der Waals surface area contributed by atoms with Crippen molar-refractivity contribution in [2.45, 2.75) is 20.3 Å². The third-order valence-electron chi connectivity index (χ3n) is 5.53. The fourth-order valence-corrected chi connectivity index (χ4v) is 3.92. The molecule has 0 bridgehead atoms. The number of nitrogens with zero attached hydrogens (tertiary/aromatic N) is 4. The van der Waals surface area contributed by atoms with Crippen molar-refractivity contribution in [3.63, 3.8) is 0 Å². The molecular formula is C24H26FN5O2. The summed E-state index contributed by atoms with van der Waals surface area (Å²) < 4.78 is 16.3. The van der Waals surface area contributed by atoms with E-state index in [1.54, 1.807) is 38.7 Å². The Morgan fingerprint density at radius 2 is 1.66 bits per heavy atom. The van der Waals surface area contributed by atoms with Crippen molar-refractivity contribution in [2.24, 2.45) is 0 Å². The van der Waals surface area contributed by atoms with Crippen LogP contribution in [0.1, 0.15) is 28.2 Å². The highest BCUT2D eigenvalue weighted by Crippen LogP contribution is 2.20. The van der Waals surface area contributed by atoms with Gasteiger partial charge in [0.1, 0.15) is 5.69 Å². The Morgan fingerprint density at radius 1 is 0.938 bits per heavy atom. The Balaban J connectivity index is 1.39. The molecule has 0 atom stereocenters. The van der Waals surface area contributed by atoms with Crippen LogP contribution in [0.5, 0.6) is 0 Å². The molecule has 3 amide bonds. The Bertz CT molecular complexity index is 1130. The molecule has 0 radical (unpaired) electrons. The maximum atomic E-state index is 14.7. The first-order chi connectivity index (χ1) is 15.4. The van der Waals surface area contributed by atoms with E-state index in [-0.39, 0.29) is 11.9 Å². The summed E-state index contributed by atoms with van der Waals surface area (Å²) in [6.45, 7) is 5.69. The number of rotatable bonds is 3. The number of aromatic nitrogens is 2. The first kappa shape index (κ1) is 21.5. The Morgan fingerprint density at radius 3 is 2.34 bits per heavy atom. The van der Waals surface area contributed by atoms with Gasteiger partial charge in [-0.25, -0.2) is 13.9 Å². The Labute approximate surface area is 186 Å². The van der Waals surface area contributed by atoms with Crippen LogP contribution in [0.25, 0.3) is 5.69 Å². The summed E-state index contributed by atoms with van der Waals surface area (Å²) in [5.74, 6) is -0.501. The second-order valence-corrected chi connectivity index (χ2v) is 7.93. The number of hydrogen-bond donors (Lipinski definition) is 1. The predicted molar refractivity (Wildman–Crippen MR) is 121 cm³/mol. The van der Waals surface area contributed by atoms with E-state index in [4.69, 9.17) is 0 Å². The van der Waals surface area contributed by atoms with Crippen LogP contribution in [0, 0.1) is 19.7 Å². The van der Waals surface area contributed by atoms with E-state index in [2.05, 4.69) is 10.4 Å². The molecule has 2 aromatic carbocycles. The molecule has 1 N–H and O–H groups in total. The van der Waals surface area contributed by atoms with Crippen molar-refractivity contribution >= 4 is 17.6 Å². The lowest BCUT2D eigenvalue weighted by Crippen LogP contribution is -2.39. The van der Waals surface area contributed by atoms with Crippen molar-refractivity contribution in [1.82, 2.24) is 19.6 Å². The fourth-order valence-electron chi connectivity index (χ4n) is 3.92. The number of hydrogen-bond acceptors (Lipinski definition) is 3. The summed E-state index contributed by atoms with van der Waals surface area (Å²) in [4.78, 5) is 28.9. The zero-order valence-corrected chi connectivity index (χ0v) is 18.2. The lowest BCUT2D eigenvalue weighted by Gasteiger charge is -2.22. The average molecular weight is 436 g/mol. The molecule has 1 saturated heterocycles. The molecule has 0 aliphatic carbocycles. The minimum atomic E-state index is -0.468. The van der Waals surface area contributed by atoms with Crippen molar-refractivity contribution < 1.29 is 14.0 Å². The maximum Gasteiger partial charge on any atom is 0.321 e. The highest BCUT2D eigenvalue weighted by atomic mass is 19.1. The predicted octanol–water partition coefficient (Wildman–Crippen LogP) is 4.01. The third kappa shape index (κ3) is 4.64. The monoisotopic (exact) mass is 435 g/mol. The molecule has 1 aromatic heterocycles. The summed E-state index contributed by atoms with van der Waals surface area (Å²) in [5.41, 5.74) is 2.99. The van der Waals surface area contributed by atoms with E-state index in [0.717, 1.165) is 11.4 Å². The number of amides is 3. The first-order valence-corrected chi connectivity index (χ1v) is 10.7. The molecule has 166 valence electrons. The minimum absolute atomic E-state index is 0.0327. The van der Waals surface area contributed by atoms with Gasteiger partial charge in [0.15, 0.2) is 5.82 Å². The maximum absolute atomic E-state index is 14.7. The zero-order valence-electron chi connectivity index (χ0n) is 18.2. The smallest absolute Gasteiger partial charge is 0.321 e. The van der Waals surface area contributed by atoms with Crippen LogP contribution in [-0.2, 0) is 0 Å². The van der Waals surface area contributed by atoms with Crippen LogP contribution in [0.3, 0.4) is 0 Å². The van der Waals surface area contributed by atoms with E-state index in [1.807, 2.05) is 38.1 Å². The second kappa shape index (κ2) is 9.21. The van der Waals surface area contributed by atoms with Gasteiger partial charge in [-0.2, -0.15) is 5.10 Å². The number of anilines is 1. The van der Waals surface area contributed by atoms with E-state index >= 15 is 0 Å². The number of aryl methyl sites for hydroxylation is 2. The number of carbonyl (C=O) groups excluding carboxylic acids is 2. The lowest BCUT2D eigenvalue weighted by molar-refractivity contribution is 0.0762. The molecule has 2 heterocycles. The van der Waals surface area contributed by atoms with Crippen molar-refractivity contribution in [1.29, 1.82) is 0 Å². The largest absolute Gasteiger partial charge is 0.337 e. The van der Waals surface area contributed by atoms with Gasteiger partial charge in [0.2, 0.25) is 0 Å². The molecule has 0 saturated carbocycles. The van der Waals surface area contributed by atoms with Gasteiger partial charge in [-0.1, -0.05) is 18.2 Å². The number of urea groups is 1. The number of carbonyl (C=O) groups is 2. The third-order valence-corrected chi connectivity index (χ3v) is 5.53. The molecule has 1 aliphatic rings. The van der Waals surface area contributed by atoms with Crippen LogP contribution in [0.2, 0.25) is 0 Å². The van der Waals surface area contributed by atoms with Gasteiger partial charge in [-0.15, -0.1) is 0 Å². The molecule has 7 nitrogen and oxygen atoms in total. The number of halogens is 1. The summed E-state index contributed by atoms with van der Waals surface area (Å²) >= 11 is 0. The molecule has 32 heavy (non-hydrogen) atoms. The SMILES string of the molecule is Cc1cc(C)n(-c2ccc(NC(=O)N3CCCN(C(=O)c4ccccc4)CC3)cc2F)n1. The molecule has 0 unspecified atom stereocenters. The highest BCUT2D eigenvalue weighted by molar-refractivity contribution is 5.94. The quantitative estimate of drug-likeness (QED) is 0.676. The van der Waals surface area contributed by atoms with E-state index < -0.39 is 5.82 Å². The number of nitrogens with one attached hydrogen (secondary N) is 1. The van der Waals surface area contributed by atoms with Crippen molar-refractivity contribution in [2.75, 3.05) is 31.5 Å². The van der Waals surface area contributed by atoms with Crippen LogP contribution in [0.15, 0.2) is 54.6 Å². The van der Waals surface area contributed by atoms with Gasteiger partial charge in [0.05, 0.1) is 5.69 Å². The second-order valence-electron chi connectivity index (χ2n) is 7.93. The van der Waals surface area contributed by atoms with Gasteiger partial charge in [0.25, 0.3) is 5.91 Å². The Kier molecular flexibility index (Phi) is 6.20. The highest BCUT2D eigenvalue weighted by Gasteiger charge is 2.23. The van der Waals surface area contributed by atoms with Crippen molar-refractivity contribution in [3.05, 3.63) is 77.4 Å². The molecule has 8 heteroatoms. The van der Waals surface area contributed by atoms with Gasteiger partial charge in [-0.05, 0) is 56.7 Å². The molecule has 3 aromatic rings. The Hall–Kier alpha value is -3.68. The molecule has 4 rings (SSSR count). The van der Waals surface area contributed by atoms with E-state index in [0.29, 0.717) is 49.5 Å². The van der Waals surface area contributed by atoms with Crippen LogP contribution >= 0.6 is 0 Å². The van der Waals surface area contributed by atoms with E-state index in [9.17, 15) is 14.0 Å². The molecule has 1 fully saturated rings. The van der Waals surface area contributed by atoms with Crippen molar-refractivity contribution in [3.8, 4) is 5.69 Å². The first-order valence-electron chi connectivity index (χ1n) is 10.7. The molecular weight excluding hydrogens is 409 g/mol. The van der Waals surface area contributed by atoms with Gasteiger partial charge < -0.3 is 15.1 Å².